The number of hydrogen-bond acceptors (Lipinski definition) is 2. The van der Waals surface area contributed by atoms with Crippen LogP contribution in [0, 0.1) is 0 Å². The minimum Gasteiger partial charge on any atom is -0.344 e. The number of aromatic amines is 1. The topological polar surface area (TPSA) is 54.7 Å². The molecule has 1 aromatic heterocycles. The van der Waals surface area contributed by atoms with Gasteiger partial charge in [-0.15, -0.1) is 0 Å². The summed E-state index contributed by atoms with van der Waals surface area (Å²) in [6.07, 6.45) is 1.77. The van der Waals surface area contributed by atoms with Crippen LogP contribution in [0.25, 0.3) is 11.3 Å². The van der Waals surface area contributed by atoms with Crippen LogP contribution in [0.5, 0.6) is 0 Å². The second kappa shape index (κ2) is 3.93. The normalized spacial score (nSPS) is 16.2. The SMILES string of the molecule is CCC(C)(N)c1nc2c([nH]1)Cc1c(Br)cccc1-2. The molecule has 1 aliphatic rings. The number of nitrogens with two attached hydrogens (primary N) is 1. The highest BCUT2D eigenvalue weighted by molar-refractivity contribution is 9.10. The summed E-state index contributed by atoms with van der Waals surface area (Å²) in [7, 11) is 0. The maximum Gasteiger partial charge on any atom is 0.126 e. The van der Waals surface area contributed by atoms with E-state index in [4.69, 9.17) is 10.7 Å². The third-order valence-electron chi connectivity index (χ3n) is 3.78. The molecule has 2 aromatic rings. The molecule has 1 aromatic carbocycles. The maximum absolute atomic E-state index is 6.25. The molecule has 1 atom stereocenters. The van der Waals surface area contributed by atoms with Crippen molar-refractivity contribution in [3.63, 3.8) is 0 Å². The number of nitrogens with zero attached hydrogens (tertiary/aromatic N) is 1. The number of imidazole rings is 1. The molecule has 1 heterocycles. The van der Waals surface area contributed by atoms with Crippen LogP contribution >= 0.6 is 15.9 Å². The van der Waals surface area contributed by atoms with E-state index in [1.54, 1.807) is 0 Å². The minimum absolute atomic E-state index is 0.378. The Hall–Kier alpha value is -1.13. The van der Waals surface area contributed by atoms with Crippen molar-refractivity contribution in [1.82, 2.24) is 9.97 Å². The summed E-state index contributed by atoms with van der Waals surface area (Å²) in [6, 6.07) is 6.24. The Morgan fingerprint density at radius 3 is 3.00 bits per heavy atom. The number of hydrogen-bond donors (Lipinski definition) is 2. The summed E-state index contributed by atoms with van der Waals surface area (Å²) in [5.41, 5.74) is 10.6. The van der Waals surface area contributed by atoms with Crippen LogP contribution in [0.4, 0.5) is 0 Å². The molecule has 3 nitrogen and oxygen atoms in total. The first-order valence-electron chi connectivity index (χ1n) is 6.19. The lowest BCUT2D eigenvalue weighted by Gasteiger charge is -2.19. The number of fused-ring (bicyclic) bond motifs is 3. The van der Waals surface area contributed by atoms with Gasteiger partial charge in [-0.3, -0.25) is 0 Å². The van der Waals surface area contributed by atoms with Gasteiger partial charge in [0.2, 0.25) is 0 Å². The van der Waals surface area contributed by atoms with Crippen molar-refractivity contribution in [1.29, 1.82) is 0 Å². The van der Waals surface area contributed by atoms with Gasteiger partial charge in [-0.2, -0.15) is 0 Å². The molecule has 0 saturated heterocycles. The number of benzene rings is 1. The van der Waals surface area contributed by atoms with Gasteiger partial charge < -0.3 is 10.7 Å². The molecule has 18 heavy (non-hydrogen) atoms. The third-order valence-corrected chi connectivity index (χ3v) is 4.52. The molecule has 0 saturated carbocycles. The first-order valence-corrected chi connectivity index (χ1v) is 6.98. The Morgan fingerprint density at radius 1 is 1.50 bits per heavy atom. The van der Waals surface area contributed by atoms with Gasteiger partial charge >= 0.3 is 0 Å². The van der Waals surface area contributed by atoms with Gasteiger partial charge in [-0.05, 0) is 25.0 Å². The summed E-state index contributed by atoms with van der Waals surface area (Å²) in [5, 5.41) is 0. The van der Waals surface area contributed by atoms with E-state index in [0.717, 1.165) is 28.8 Å². The highest BCUT2D eigenvalue weighted by Gasteiger charge is 2.29. The van der Waals surface area contributed by atoms with Crippen molar-refractivity contribution in [2.24, 2.45) is 5.73 Å². The van der Waals surface area contributed by atoms with E-state index < -0.39 is 0 Å². The van der Waals surface area contributed by atoms with Gasteiger partial charge in [0.15, 0.2) is 0 Å². The first-order chi connectivity index (χ1) is 8.53. The van der Waals surface area contributed by atoms with Crippen LogP contribution < -0.4 is 5.73 Å². The largest absolute Gasteiger partial charge is 0.344 e. The molecular weight excluding hydrogens is 290 g/mol. The molecule has 1 aliphatic carbocycles. The van der Waals surface area contributed by atoms with Crippen molar-refractivity contribution in [2.75, 3.05) is 0 Å². The number of halogens is 1. The van der Waals surface area contributed by atoms with E-state index in [1.807, 2.05) is 13.0 Å². The second-order valence-electron chi connectivity index (χ2n) is 5.13. The number of H-pyrrole nitrogens is 1. The van der Waals surface area contributed by atoms with Crippen LogP contribution in [0.3, 0.4) is 0 Å². The average Bonchev–Trinajstić information content (AvgIpc) is 2.88. The lowest BCUT2D eigenvalue weighted by molar-refractivity contribution is 0.449. The van der Waals surface area contributed by atoms with E-state index in [9.17, 15) is 0 Å². The maximum atomic E-state index is 6.25. The monoisotopic (exact) mass is 305 g/mol. The highest BCUT2D eigenvalue weighted by atomic mass is 79.9. The Bertz CT molecular complexity index is 613. The Morgan fingerprint density at radius 2 is 2.28 bits per heavy atom. The molecule has 4 heteroatoms. The quantitative estimate of drug-likeness (QED) is 0.763. The number of nitrogens with one attached hydrogen (secondary N) is 1. The van der Waals surface area contributed by atoms with Crippen molar-refractivity contribution in [3.05, 3.63) is 39.8 Å². The molecule has 0 bridgehead atoms. The molecule has 3 N–H and O–H groups in total. The zero-order valence-corrected chi connectivity index (χ0v) is 12.1. The van der Waals surface area contributed by atoms with Gasteiger partial charge in [-0.25, -0.2) is 4.98 Å². The van der Waals surface area contributed by atoms with Gasteiger partial charge in [0, 0.05) is 22.2 Å². The van der Waals surface area contributed by atoms with Gasteiger partial charge in [0.1, 0.15) is 5.82 Å². The van der Waals surface area contributed by atoms with Crippen LogP contribution in [0.1, 0.15) is 37.4 Å². The molecule has 0 radical (unpaired) electrons. The van der Waals surface area contributed by atoms with Crippen LogP contribution in [-0.2, 0) is 12.0 Å². The highest BCUT2D eigenvalue weighted by Crippen LogP contribution is 2.39. The van der Waals surface area contributed by atoms with E-state index in [1.165, 1.54) is 16.8 Å². The minimum atomic E-state index is -0.378. The molecule has 1 unspecified atom stereocenters. The fraction of sp³-hybridized carbons (Fsp3) is 0.357. The van der Waals surface area contributed by atoms with Crippen LogP contribution in [0.15, 0.2) is 22.7 Å². The second-order valence-corrected chi connectivity index (χ2v) is 5.98. The lowest BCUT2D eigenvalue weighted by Crippen LogP contribution is -2.33. The zero-order chi connectivity index (χ0) is 12.9. The lowest BCUT2D eigenvalue weighted by atomic mass is 10.00. The summed E-state index contributed by atoms with van der Waals surface area (Å²) in [5.74, 6) is 0.889. The van der Waals surface area contributed by atoms with E-state index in [0.29, 0.717) is 0 Å². The van der Waals surface area contributed by atoms with Crippen molar-refractivity contribution >= 4 is 15.9 Å². The smallest absolute Gasteiger partial charge is 0.126 e. The van der Waals surface area contributed by atoms with E-state index in [-0.39, 0.29) is 5.54 Å². The first kappa shape index (κ1) is 11.9. The van der Waals surface area contributed by atoms with Gasteiger partial charge in [0.25, 0.3) is 0 Å². The fourth-order valence-corrected chi connectivity index (χ4v) is 2.84. The summed E-state index contributed by atoms with van der Waals surface area (Å²) in [4.78, 5) is 8.12. The average molecular weight is 306 g/mol. The zero-order valence-electron chi connectivity index (χ0n) is 10.5. The van der Waals surface area contributed by atoms with E-state index in [2.05, 4.69) is 40.0 Å². The van der Waals surface area contributed by atoms with Gasteiger partial charge in [0.05, 0.1) is 11.2 Å². The van der Waals surface area contributed by atoms with Crippen LogP contribution in [0.2, 0.25) is 0 Å². The molecular formula is C14H16BrN3. The molecule has 0 aliphatic heterocycles. The summed E-state index contributed by atoms with van der Waals surface area (Å²) < 4.78 is 1.15. The fourth-order valence-electron chi connectivity index (χ4n) is 2.33. The third kappa shape index (κ3) is 1.63. The van der Waals surface area contributed by atoms with Crippen LogP contribution in [-0.4, -0.2) is 9.97 Å². The molecule has 0 fully saturated rings. The summed E-state index contributed by atoms with van der Waals surface area (Å²) in [6.45, 7) is 4.10. The predicted octanol–water partition coefficient (Wildman–Crippen LogP) is 3.33. The number of aromatic nitrogens is 2. The molecule has 0 amide bonds. The van der Waals surface area contributed by atoms with Crippen molar-refractivity contribution in [2.45, 2.75) is 32.2 Å². The van der Waals surface area contributed by atoms with E-state index >= 15 is 0 Å². The molecule has 3 rings (SSSR count). The van der Waals surface area contributed by atoms with Gasteiger partial charge in [-0.1, -0.05) is 35.0 Å². The Labute approximate surface area is 115 Å². The Balaban J connectivity index is 2.12. The Kier molecular flexibility index (Phi) is 2.61. The standard InChI is InChI=1S/C14H16BrN3/c1-3-14(2,16)13-17-11-7-9-8(12(11)18-13)5-4-6-10(9)15/h4-6H,3,7,16H2,1-2H3,(H,17,18). The molecule has 94 valence electrons. The summed E-state index contributed by atoms with van der Waals surface area (Å²) >= 11 is 3.60. The number of rotatable bonds is 2. The van der Waals surface area contributed by atoms with Crippen molar-refractivity contribution < 1.29 is 0 Å². The predicted molar refractivity (Wildman–Crippen MR) is 76.4 cm³/mol. The molecule has 0 spiro atoms. The van der Waals surface area contributed by atoms with Crippen molar-refractivity contribution in [3.8, 4) is 11.3 Å².